The molecule has 0 saturated carbocycles. The number of hydrogen-bond donors (Lipinski definition) is 1. The van der Waals surface area contributed by atoms with Crippen molar-refractivity contribution in [1.82, 2.24) is 0 Å². The van der Waals surface area contributed by atoms with Gasteiger partial charge in [0.05, 0.1) is 27.8 Å². The van der Waals surface area contributed by atoms with Crippen LogP contribution in [0.5, 0.6) is 5.75 Å². The van der Waals surface area contributed by atoms with Crippen molar-refractivity contribution in [2.24, 2.45) is 0 Å². The first-order chi connectivity index (χ1) is 16.1. The summed E-state index contributed by atoms with van der Waals surface area (Å²) in [5.74, 6) is -0.123. The molecule has 34 heavy (non-hydrogen) atoms. The van der Waals surface area contributed by atoms with Gasteiger partial charge in [0, 0.05) is 17.2 Å². The van der Waals surface area contributed by atoms with Gasteiger partial charge in [0.25, 0.3) is 15.7 Å². The lowest BCUT2D eigenvalue weighted by atomic mass is 10.2. The molecule has 0 aliphatic carbocycles. The lowest BCUT2D eigenvalue weighted by Gasteiger charge is -2.24. The van der Waals surface area contributed by atoms with Crippen LogP contribution < -0.4 is 14.4 Å². The van der Waals surface area contributed by atoms with E-state index in [0.29, 0.717) is 22.9 Å². The molecule has 0 fully saturated rings. The Morgan fingerprint density at radius 2 is 1.74 bits per heavy atom. The van der Waals surface area contributed by atoms with Gasteiger partial charge in [-0.3, -0.25) is 19.2 Å². The maximum atomic E-state index is 13.4. The molecule has 0 aromatic heterocycles. The highest BCUT2D eigenvalue weighted by molar-refractivity contribution is 7.92. The number of aryl methyl sites for hydroxylation is 1. The van der Waals surface area contributed by atoms with Gasteiger partial charge >= 0.3 is 0 Å². The number of amides is 1. The van der Waals surface area contributed by atoms with Crippen LogP contribution in [-0.4, -0.2) is 32.4 Å². The molecule has 0 unspecified atom stereocenters. The summed E-state index contributed by atoms with van der Waals surface area (Å²) in [5, 5.41) is 14.0. The number of nitrogens with zero attached hydrogens (tertiary/aromatic N) is 2. The fourth-order valence-corrected chi connectivity index (χ4v) is 4.65. The van der Waals surface area contributed by atoms with Gasteiger partial charge in [-0.15, -0.1) is 0 Å². The van der Waals surface area contributed by atoms with E-state index in [4.69, 9.17) is 16.3 Å². The maximum absolute atomic E-state index is 13.4. The molecule has 11 heteroatoms. The lowest BCUT2D eigenvalue weighted by molar-refractivity contribution is -0.384. The van der Waals surface area contributed by atoms with Crippen molar-refractivity contribution in [2.75, 3.05) is 22.8 Å². The van der Waals surface area contributed by atoms with Crippen LogP contribution in [0.1, 0.15) is 12.5 Å². The summed E-state index contributed by atoms with van der Waals surface area (Å²) in [6, 6.07) is 15.9. The van der Waals surface area contributed by atoms with Crippen LogP contribution in [0, 0.1) is 17.0 Å². The van der Waals surface area contributed by atoms with E-state index in [9.17, 15) is 23.3 Å². The Labute approximate surface area is 202 Å². The number of anilines is 2. The third-order valence-corrected chi connectivity index (χ3v) is 6.87. The van der Waals surface area contributed by atoms with Gasteiger partial charge < -0.3 is 10.1 Å². The number of halogens is 1. The van der Waals surface area contributed by atoms with Gasteiger partial charge in [-0.2, -0.15) is 0 Å². The number of nitro groups is 1. The summed E-state index contributed by atoms with van der Waals surface area (Å²) in [4.78, 5) is 23.4. The minimum atomic E-state index is -4.15. The van der Waals surface area contributed by atoms with Crippen LogP contribution in [0.15, 0.2) is 71.6 Å². The molecule has 0 heterocycles. The Balaban J connectivity index is 1.95. The Morgan fingerprint density at radius 1 is 1.09 bits per heavy atom. The van der Waals surface area contributed by atoms with Gasteiger partial charge in [0.1, 0.15) is 12.3 Å². The number of nitro benzene ring substituents is 1. The predicted octanol–water partition coefficient (Wildman–Crippen LogP) is 4.79. The topological polar surface area (TPSA) is 119 Å². The number of ether oxygens (including phenoxy) is 1. The summed E-state index contributed by atoms with van der Waals surface area (Å²) in [5.41, 5.74) is 0.851. The summed E-state index contributed by atoms with van der Waals surface area (Å²) in [6.45, 7) is 3.37. The molecule has 3 aromatic carbocycles. The third-order valence-electron chi connectivity index (χ3n) is 4.83. The highest BCUT2D eigenvalue weighted by atomic mass is 35.5. The molecule has 0 bridgehead atoms. The molecule has 0 atom stereocenters. The van der Waals surface area contributed by atoms with Crippen LogP contribution >= 0.6 is 11.6 Å². The fraction of sp³-hybridized carbons (Fsp3) is 0.174. The van der Waals surface area contributed by atoms with Crippen molar-refractivity contribution < 1.29 is 22.9 Å². The standard InChI is InChI=1S/C23H22ClN3O6S/c1-3-33-20-10-8-18(9-11-20)26(34(31,32)21-12-5-17(24)6-13-21)15-23(28)25-22-14-19(27(29)30)7-4-16(22)2/h4-14H,3,15H2,1-2H3,(H,25,28). The molecule has 1 N–H and O–H groups in total. The van der Waals surface area contributed by atoms with Crippen molar-refractivity contribution in [2.45, 2.75) is 18.7 Å². The summed E-state index contributed by atoms with van der Waals surface area (Å²) in [6.07, 6.45) is 0. The average Bonchev–Trinajstić information content (AvgIpc) is 2.80. The smallest absolute Gasteiger partial charge is 0.271 e. The minimum Gasteiger partial charge on any atom is -0.494 e. The Bertz CT molecular complexity index is 1300. The Kier molecular flexibility index (Phi) is 7.75. The van der Waals surface area contributed by atoms with Crippen LogP contribution in [0.4, 0.5) is 17.1 Å². The van der Waals surface area contributed by atoms with Crippen molar-refractivity contribution in [1.29, 1.82) is 0 Å². The van der Waals surface area contributed by atoms with Crippen LogP contribution in [0.25, 0.3) is 0 Å². The second-order valence-corrected chi connectivity index (χ2v) is 9.50. The molecule has 3 rings (SSSR count). The van der Waals surface area contributed by atoms with Crippen molar-refractivity contribution in [3.05, 3.63) is 87.4 Å². The molecular weight excluding hydrogens is 482 g/mol. The second kappa shape index (κ2) is 10.5. The molecule has 9 nitrogen and oxygen atoms in total. The number of non-ortho nitro benzene ring substituents is 1. The molecule has 1 amide bonds. The van der Waals surface area contributed by atoms with Crippen LogP contribution in [-0.2, 0) is 14.8 Å². The van der Waals surface area contributed by atoms with Crippen LogP contribution in [0.3, 0.4) is 0 Å². The first kappa shape index (κ1) is 25.0. The molecule has 0 aliphatic rings. The van der Waals surface area contributed by atoms with Gasteiger partial charge in [-0.05, 0) is 67.9 Å². The number of nitrogens with one attached hydrogen (secondary N) is 1. The zero-order valence-corrected chi connectivity index (χ0v) is 20.0. The predicted molar refractivity (Wildman–Crippen MR) is 130 cm³/mol. The second-order valence-electron chi connectivity index (χ2n) is 7.20. The normalized spacial score (nSPS) is 11.0. The van der Waals surface area contributed by atoms with E-state index in [-0.39, 0.29) is 22.0 Å². The van der Waals surface area contributed by atoms with E-state index in [2.05, 4.69) is 5.32 Å². The zero-order valence-electron chi connectivity index (χ0n) is 18.4. The van der Waals surface area contributed by atoms with Crippen LogP contribution in [0.2, 0.25) is 5.02 Å². The van der Waals surface area contributed by atoms with Gasteiger partial charge in [-0.1, -0.05) is 17.7 Å². The number of carbonyl (C=O) groups excluding carboxylic acids is 1. The first-order valence-corrected chi connectivity index (χ1v) is 12.0. The summed E-state index contributed by atoms with van der Waals surface area (Å²) in [7, 11) is -4.15. The minimum absolute atomic E-state index is 0.0508. The average molecular weight is 504 g/mol. The highest BCUT2D eigenvalue weighted by Crippen LogP contribution is 2.27. The number of hydrogen-bond acceptors (Lipinski definition) is 6. The number of benzene rings is 3. The molecule has 3 aromatic rings. The SMILES string of the molecule is CCOc1ccc(N(CC(=O)Nc2cc([N+](=O)[O-])ccc2C)S(=O)(=O)c2ccc(Cl)cc2)cc1. The quantitative estimate of drug-likeness (QED) is 0.331. The molecular formula is C23H22ClN3O6S. The third kappa shape index (κ3) is 5.83. The van der Waals surface area contributed by atoms with Gasteiger partial charge in [0.15, 0.2) is 0 Å². The van der Waals surface area contributed by atoms with E-state index >= 15 is 0 Å². The molecule has 0 aliphatic heterocycles. The van der Waals surface area contributed by atoms with E-state index < -0.39 is 27.4 Å². The van der Waals surface area contributed by atoms with E-state index in [0.717, 1.165) is 4.31 Å². The first-order valence-electron chi connectivity index (χ1n) is 10.2. The molecule has 0 radical (unpaired) electrons. The van der Waals surface area contributed by atoms with Gasteiger partial charge in [0.2, 0.25) is 5.91 Å². The maximum Gasteiger partial charge on any atom is 0.271 e. The Hall–Kier alpha value is -3.63. The van der Waals surface area contributed by atoms with E-state index in [1.54, 1.807) is 19.1 Å². The molecule has 178 valence electrons. The summed E-state index contributed by atoms with van der Waals surface area (Å²) >= 11 is 5.90. The van der Waals surface area contributed by atoms with E-state index in [1.807, 2.05) is 6.92 Å². The fourth-order valence-electron chi connectivity index (χ4n) is 3.10. The highest BCUT2D eigenvalue weighted by Gasteiger charge is 2.27. The Morgan fingerprint density at radius 3 is 2.32 bits per heavy atom. The van der Waals surface area contributed by atoms with Crippen molar-refractivity contribution in [3.8, 4) is 5.75 Å². The molecule has 0 spiro atoms. The monoisotopic (exact) mass is 503 g/mol. The lowest BCUT2D eigenvalue weighted by Crippen LogP contribution is -2.38. The van der Waals surface area contributed by atoms with Gasteiger partial charge in [-0.25, -0.2) is 8.42 Å². The number of carbonyl (C=O) groups is 1. The zero-order chi connectivity index (χ0) is 24.9. The van der Waals surface area contributed by atoms with Crippen molar-refractivity contribution >= 4 is 44.6 Å². The number of rotatable bonds is 9. The number of sulfonamides is 1. The van der Waals surface area contributed by atoms with E-state index in [1.165, 1.54) is 54.6 Å². The summed E-state index contributed by atoms with van der Waals surface area (Å²) < 4.78 is 33.2. The largest absolute Gasteiger partial charge is 0.494 e. The molecule has 0 saturated heterocycles. The van der Waals surface area contributed by atoms with Crippen molar-refractivity contribution in [3.63, 3.8) is 0 Å².